The Balaban J connectivity index is 1.12. The summed E-state index contributed by atoms with van der Waals surface area (Å²) in [5.74, 6) is 9.58. The highest BCUT2D eigenvalue weighted by Gasteiger charge is 2.35. The Morgan fingerprint density at radius 3 is 1.85 bits per heavy atom. The zero-order chi connectivity index (χ0) is 37.2. The maximum Gasteiger partial charge on any atom is 0.362 e. The van der Waals surface area contributed by atoms with Crippen LogP contribution in [0.3, 0.4) is 0 Å². The summed E-state index contributed by atoms with van der Waals surface area (Å²) in [5.41, 5.74) is -0.902. The Morgan fingerprint density at radius 1 is 0.769 bits per heavy atom. The molecule has 4 aromatic rings. The first-order chi connectivity index (χ1) is 24.7. The molecule has 0 bridgehead atoms. The van der Waals surface area contributed by atoms with Crippen molar-refractivity contribution < 1.29 is 46.1 Å². The second-order valence-corrected chi connectivity index (χ2v) is 16.4. The van der Waals surface area contributed by atoms with E-state index in [1.807, 2.05) is 0 Å². The van der Waals surface area contributed by atoms with Crippen LogP contribution in [0.5, 0.6) is 23.4 Å². The largest absolute Gasteiger partial charge is 0.476 e. The molecule has 2 fully saturated rings. The van der Waals surface area contributed by atoms with Gasteiger partial charge in [0.1, 0.15) is 26.9 Å². The minimum absolute atomic E-state index is 0.00397. The number of nitrogens with one attached hydrogen (secondary N) is 2. The molecule has 4 aromatic heterocycles. The fraction of sp³-hybridized carbons (Fsp3) is 0.375. The van der Waals surface area contributed by atoms with Crippen molar-refractivity contribution >= 4 is 31.6 Å². The summed E-state index contributed by atoms with van der Waals surface area (Å²) in [4.78, 5) is 30.8. The molecule has 18 nitrogen and oxygen atoms in total. The Bertz CT molecular complexity index is 2400. The summed E-state index contributed by atoms with van der Waals surface area (Å²) in [5, 5.41) is 36.8. The number of carboxylic acids is 2. The van der Waals surface area contributed by atoms with Gasteiger partial charge in [0.15, 0.2) is 19.7 Å². The van der Waals surface area contributed by atoms with Crippen LogP contribution < -0.4 is 9.47 Å². The summed E-state index contributed by atoms with van der Waals surface area (Å²) in [6, 6.07) is 3.81. The van der Waals surface area contributed by atoms with E-state index in [-0.39, 0.29) is 56.4 Å². The van der Waals surface area contributed by atoms with Crippen LogP contribution in [-0.4, -0.2) is 92.3 Å². The number of aromatic amines is 2. The molecule has 0 saturated heterocycles. The highest BCUT2D eigenvalue weighted by Crippen LogP contribution is 2.44. The van der Waals surface area contributed by atoms with Gasteiger partial charge in [0, 0.05) is 36.5 Å². The van der Waals surface area contributed by atoms with Crippen LogP contribution in [0.15, 0.2) is 34.2 Å². The number of pyridine rings is 2. The van der Waals surface area contributed by atoms with E-state index in [9.17, 15) is 36.6 Å². The number of aromatic nitrogens is 8. The maximum atomic E-state index is 12.6. The van der Waals surface area contributed by atoms with Crippen LogP contribution in [-0.2, 0) is 19.7 Å². The van der Waals surface area contributed by atoms with Gasteiger partial charge >= 0.3 is 11.9 Å². The number of carbonyl (C=O) groups is 2. The van der Waals surface area contributed by atoms with Crippen molar-refractivity contribution in [3.63, 3.8) is 0 Å². The van der Waals surface area contributed by atoms with E-state index >= 15 is 0 Å². The number of sulfone groups is 2. The number of hydrogen-bond acceptors (Lipinski definition) is 14. The number of aromatic carboxylic acids is 2. The van der Waals surface area contributed by atoms with E-state index in [0.717, 1.165) is 51.0 Å². The second kappa shape index (κ2) is 14.4. The van der Waals surface area contributed by atoms with Crippen LogP contribution >= 0.6 is 0 Å². The summed E-state index contributed by atoms with van der Waals surface area (Å²) in [7, 11) is -7.47. The zero-order valence-electron chi connectivity index (χ0n) is 27.5. The highest BCUT2D eigenvalue weighted by atomic mass is 32.2. The first-order valence-corrected chi connectivity index (χ1v) is 19.5. The van der Waals surface area contributed by atoms with Gasteiger partial charge < -0.3 is 19.7 Å². The first-order valence-electron chi connectivity index (χ1n) is 15.7. The van der Waals surface area contributed by atoms with Gasteiger partial charge in [-0.2, -0.15) is 0 Å². The van der Waals surface area contributed by atoms with Gasteiger partial charge in [-0.15, -0.1) is 10.2 Å². The molecule has 4 N–H and O–H groups in total. The van der Waals surface area contributed by atoms with Gasteiger partial charge in [0.05, 0.1) is 6.20 Å². The van der Waals surface area contributed by atoms with E-state index in [2.05, 4.69) is 64.5 Å². The molecule has 6 rings (SSSR count). The van der Waals surface area contributed by atoms with E-state index in [1.54, 1.807) is 0 Å². The van der Waals surface area contributed by atoms with Crippen molar-refractivity contribution in [3.05, 3.63) is 47.2 Å². The third kappa shape index (κ3) is 8.19. The normalized spacial score (nSPS) is 20.0. The lowest BCUT2D eigenvalue weighted by atomic mass is 9.88. The topological polar surface area (TPSA) is 270 Å². The van der Waals surface area contributed by atoms with Crippen LogP contribution in [0, 0.1) is 47.4 Å². The van der Waals surface area contributed by atoms with Crippen molar-refractivity contribution in [1.29, 1.82) is 0 Å². The van der Waals surface area contributed by atoms with Crippen molar-refractivity contribution in [2.24, 2.45) is 23.7 Å². The Hall–Kier alpha value is -5.86. The maximum absolute atomic E-state index is 12.6. The van der Waals surface area contributed by atoms with Crippen molar-refractivity contribution in [1.82, 2.24) is 40.8 Å². The van der Waals surface area contributed by atoms with Crippen LogP contribution in [0.4, 0.5) is 0 Å². The number of nitrogens with zero attached hydrogens (tertiary/aromatic N) is 6. The van der Waals surface area contributed by atoms with Crippen molar-refractivity contribution in [3.8, 4) is 47.1 Å². The predicted molar refractivity (Wildman–Crippen MR) is 177 cm³/mol. The molecular formula is C32H30N8O10S2. The number of ether oxygens (including phenoxy) is 2. The average Bonchev–Trinajstić information content (AvgIpc) is 3.90. The van der Waals surface area contributed by atoms with Crippen LogP contribution in [0.1, 0.15) is 70.9 Å². The van der Waals surface area contributed by atoms with Gasteiger partial charge in [-0.1, -0.05) is 22.3 Å². The third-order valence-corrected chi connectivity index (χ3v) is 11.0. The Labute approximate surface area is 296 Å². The van der Waals surface area contributed by atoms with E-state index in [0.29, 0.717) is 11.8 Å². The molecule has 0 aromatic carbocycles. The van der Waals surface area contributed by atoms with Crippen molar-refractivity contribution in [2.75, 3.05) is 12.5 Å². The van der Waals surface area contributed by atoms with Crippen LogP contribution in [0.2, 0.25) is 0 Å². The number of rotatable bonds is 9. The van der Waals surface area contributed by atoms with Gasteiger partial charge in [-0.05, 0) is 68.3 Å². The number of hydrogen-bond donors (Lipinski definition) is 4. The number of carboxylic acid groups (broad SMARTS) is 2. The minimum Gasteiger partial charge on any atom is -0.476 e. The van der Waals surface area contributed by atoms with Gasteiger partial charge in [0.25, 0.3) is 11.8 Å². The summed E-state index contributed by atoms with van der Waals surface area (Å²) < 4.78 is 61.1. The molecule has 270 valence electrons. The van der Waals surface area contributed by atoms with E-state index in [1.165, 1.54) is 24.4 Å². The standard InChI is InChI=1S/C32H30N8O10S2/c1-51(45,46)24-11-12-26(50-30-28(32(43)44)36-40-38-30)34-23(24)10-6-18-4-8-20(14-18)19-7-3-17(13-19)5-9-22-25(52(2,47)48)15-21(16-33-22)49-29-27(31(41)42)35-39-37-29/h11-12,15-20H,3-4,7-8,13-14H2,1-2H3,(H,41,42)(H,43,44)(H,35,37,39)(H,36,38,40). The molecule has 0 aliphatic heterocycles. The van der Waals surface area contributed by atoms with E-state index in [4.69, 9.17) is 9.47 Å². The number of H-pyrrole nitrogens is 2. The predicted octanol–water partition coefficient (Wildman–Crippen LogP) is 2.74. The molecule has 0 radical (unpaired) electrons. The van der Waals surface area contributed by atoms with Gasteiger partial charge in [0.2, 0.25) is 17.3 Å². The lowest BCUT2D eigenvalue weighted by Gasteiger charge is -2.17. The molecule has 2 saturated carbocycles. The molecule has 2 aliphatic rings. The lowest BCUT2D eigenvalue weighted by Crippen LogP contribution is -2.09. The van der Waals surface area contributed by atoms with E-state index < -0.39 is 43.0 Å². The minimum atomic E-state index is -3.78. The fourth-order valence-corrected chi connectivity index (χ4v) is 7.86. The zero-order valence-corrected chi connectivity index (χ0v) is 29.2. The monoisotopic (exact) mass is 750 g/mol. The molecule has 0 amide bonds. The molecule has 2 aliphatic carbocycles. The summed E-state index contributed by atoms with van der Waals surface area (Å²) in [6.45, 7) is 0. The smallest absolute Gasteiger partial charge is 0.362 e. The first kappa shape index (κ1) is 35.9. The average molecular weight is 751 g/mol. The molecule has 52 heavy (non-hydrogen) atoms. The van der Waals surface area contributed by atoms with Crippen LogP contribution in [0.25, 0.3) is 0 Å². The van der Waals surface area contributed by atoms with Gasteiger partial charge in [-0.3, -0.25) is 0 Å². The second-order valence-electron chi connectivity index (χ2n) is 12.4. The molecule has 4 atom stereocenters. The lowest BCUT2D eigenvalue weighted by molar-refractivity contribution is 0.0676. The Morgan fingerprint density at radius 2 is 1.31 bits per heavy atom. The Kier molecular flexibility index (Phi) is 9.96. The molecule has 20 heteroatoms. The highest BCUT2D eigenvalue weighted by molar-refractivity contribution is 7.91. The quantitative estimate of drug-likeness (QED) is 0.179. The SMILES string of the molecule is CS(=O)(=O)c1cc(Oc2[nH]nnc2C(=O)O)cnc1C#CC1CCC(C2CCC(C#Cc3nc(Oc4[nH]nnc4C(=O)O)ccc3S(C)(=O)=O)C2)C1. The van der Waals surface area contributed by atoms with Gasteiger partial charge in [-0.25, -0.2) is 46.6 Å². The molecule has 4 unspecified atom stereocenters. The fourth-order valence-electron chi connectivity index (χ4n) is 6.31. The molecule has 0 spiro atoms. The summed E-state index contributed by atoms with van der Waals surface area (Å²) in [6.07, 6.45) is 8.44. The molecule has 4 heterocycles. The summed E-state index contributed by atoms with van der Waals surface area (Å²) >= 11 is 0. The third-order valence-electron chi connectivity index (χ3n) is 8.73. The molecular weight excluding hydrogens is 721 g/mol. The van der Waals surface area contributed by atoms with Crippen molar-refractivity contribution in [2.45, 2.75) is 48.3 Å².